The van der Waals surface area contributed by atoms with E-state index in [0.29, 0.717) is 28.7 Å². The van der Waals surface area contributed by atoms with E-state index in [1.165, 1.54) is 12.6 Å². The van der Waals surface area contributed by atoms with E-state index in [1.54, 1.807) is 18.2 Å². The molecule has 0 spiro atoms. The van der Waals surface area contributed by atoms with Crippen molar-refractivity contribution >= 4 is 11.7 Å². The van der Waals surface area contributed by atoms with Crippen LogP contribution in [0.1, 0.15) is 30.5 Å². The highest BCUT2D eigenvalue weighted by Crippen LogP contribution is 2.31. The third kappa shape index (κ3) is 4.46. The summed E-state index contributed by atoms with van der Waals surface area (Å²) in [5, 5.41) is 13.1. The van der Waals surface area contributed by atoms with Crippen LogP contribution in [0.4, 0.5) is 10.5 Å². The van der Waals surface area contributed by atoms with Gasteiger partial charge in [-0.05, 0) is 49.6 Å². The van der Waals surface area contributed by atoms with Crippen LogP contribution in [0, 0.1) is 6.92 Å². The number of carbonyl (C=O) groups is 1. The Hall–Kier alpha value is -2.73. The van der Waals surface area contributed by atoms with Gasteiger partial charge in [0.15, 0.2) is 0 Å². The van der Waals surface area contributed by atoms with Gasteiger partial charge < -0.3 is 14.8 Å². The van der Waals surface area contributed by atoms with Gasteiger partial charge in [0.2, 0.25) is 0 Å². The van der Waals surface area contributed by atoms with Crippen LogP contribution in [0.5, 0.6) is 11.5 Å². The molecule has 2 rings (SSSR count). The number of hydrogen-bond donors (Lipinski definition) is 2. The smallest absolute Gasteiger partial charge is 0.345 e. The topological polar surface area (TPSA) is 71.0 Å². The summed E-state index contributed by atoms with van der Waals surface area (Å²) in [7, 11) is 1.45. The number of rotatable bonds is 7. The van der Waals surface area contributed by atoms with Crippen molar-refractivity contribution in [2.24, 2.45) is 0 Å². The summed E-state index contributed by atoms with van der Waals surface area (Å²) in [5.41, 5.74) is 3.19. The number of ether oxygens (including phenoxy) is 2. The fourth-order valence-corrected chi connectivity index (χ4v) is 2.65. The molecule has 0 unspecified atom stereocenters. The lowest BCUT2D eigenvalue weighted by Crippen LogP contribution is -2.36. The minimum absolute atomic E-state index is 0.159. The van der Waals surface area contributed by atoms with Crippen LogP contribution in [0.3, 0.4) is 0 Å². The lowest BCUT2D eigenvalue weighted by atomic mass is 10.1. The zero-order valence-corrected chi connectivity index (χ0v) is 15.7. The van der Waals surface area contributed by atoms with Crippen molar-refractivity contribution in [2.45, 2.75) is 33.8 Å². The van der Waals surface area contributed by atoms with Crippen LogP contribution < -0.4 is 19.9 Å². The normalized spacial score (nSPS) is 10.3. The van der Waals surface area contributed by atoms with Crippen LogP contribution in [0.25, 0.3) is 0 Å². The Morgan fingerprint density at radius 2 is 1.92 bits per heavy atom. The number of aryl methyl sites for hydroxylation is 2. The van der Waals surface area contributed by atoms with Gasteiger partial charge in [-0.2, -0.15) is 5.06 Å². The molecule has 0 aliphatic rings. The highest BCUT2D eigenvalue weighted by atomic mass is 16.5. The molecule has 0 aliphatic heterocycles. The molecule has 0 fully saturated rings. The number of nitrogens with one attached hydrogen (secondary N) is 1. The predicted octanol–water partition coefficient (Wildman–Crippen LogP) is 4.07. The van der Waals surface area contributed by atoms with Gasteiger partial charge in [0, 0.05) is 7.05 Å². The van der Waals surface area contributed by atoms with Gasteiger partial charge in [-0.3, -0.25) is 5.21 Å². The first-order chi connectivity index (χ1) is 12.5. The highest BCUT2D eigenvalue weighted by molar-refractivity contribution is 5.90. The summed E-state index contributed by atoms with van der Waals surface area (Å²) < 4.78 is 11.6. The molecule has 0 radical (unpaired) electrons. The van der Waals surface area contributed by atoms with E-state index in [2.05, 4.69) is 18.3 Å². The van der Waals surface area contributed by atoms with Crippen molar-refractivity contribution in [2.75, 3.05) is 18.7 Å². The van der Waals surface area contributed by atoms with Crippen LogP contribution in [-0.2, 0) is 13.0 Å². The Balaban J connectivity index is 2.32. The van der Waals surface area contributed by atoms with Crippen molar-refractivity contribution in [1.82, 2.24) is 5.32 Å². The van der Waals surface area contributed by atoms with E-state index in [4.69, 9.17) is 9.47 Å². The van der Waals surface area contributed by atoms with E-state index in [1.807, 2.05) is 26.0 Å². The summed E-state index contributed by atoms with van der Waals surface area (Å²) in [6.45, 7) is 6.60. The number of hydroxylamine groups is 1. The zero-order valence-electron chi connectivity index (χ0n) is 15.7. The molecule has 2 amide bonds. The summed E-state index contributed by atoms with van der Waals surface area (Å²) >= 11 is 0. The first-order valence-electron chi connectivity index (χ1n) is 8.69. The van der Waals surface area contributed by atoms with Gasteiger partial charge in [0.05, 0.1) is 17.9 Å². The minimum Gasteiger partial charge on any atom is -0.493 e. The molecule has 0 heterocycles. The molecule has 2 aromatic carbocycles. The van der Waals surface area contributed by atoms with Gasteiger partial charge >= 0.3 is 6.03 Å². The second kappa shape index (κ2) is 9.10. The standard InChI is InChI=1S/C20H26N2O4/c1-5-15-10-11-18(14(3)12-15)26-13-16-17(22(24)20(23)21-4)8-7-9-19(16)25-6-2/h7-12,24H,5-6,13H2,1-4H3,(H,21,23). The van der Waals surface area contributed by atoms with Gasteiger partial charge in [0.1, 0.15) is 18.1 Å². The van der Waals surface area contributed by atoms with Crippen LogP contribution in [0.15, 0.2) is 36.4 Å². The average Bonchev–Trinajstić information content (AvgIpc) is 2.66. The Morgan fingerprint density at radius 3 is 2.54 bits per heavy atom. The van der Waals surface area contributed by atoms with Gasteiger partial charge in [-0.15, -0.1) is 0 Å². The molecular weight excluding hydrogens is 332 g/mol. The molecule has 26 heavy (non-hydrogen) atoms. The molecule has 6 nitrogen and oxygen atoms in total. The molecule has 2 N–H and O–H groups in total. The number of benzene rings is 2. The average molecular weight is 358 g/mol. The second-order valence-electron chi connectivity index (χ2n) is 5.80. The van der Waals surface area contributed by atoms with Crippen molar-refractivity contribution < 1.29 is 19.5 Å². The Morgan fingerprint density at radius 1 is 1.15 bits per heavy atom. The van der Waals surface area contributed by atoms with Crippen molar-refractivity contribution in [3.8, 4) is 11.5 Å². The summed E-state index contributed by atoms with van der Waals surface area (Å²) in [6.07, 6.45) is 0.962. The maximum Gasteiger partial charge on any atom is 0.345 e. The molecule has 0 aromatic heterocycles. The molecular formula is C20H26N2O4. The third-order valence-corrected chi connectivity index (χ3v) is 4.06. The summed E-state index contributed by atoms with van der Waals surface area (Å²) in [6, 6.07) is 10.6. The monoisotopic (exact) mass is 358 g/mol. The van der Waals surface area contributed by atoms with Gasteiger partial charge in [0.25, 0.3) is 0 Å². The van der Waals surface area contributed by atoms with Crippen LogP contribution in [0.2, 0.25) is 0 Å². The number of carbonyl (C=O) groups excluding carboxylic acids is 1. The van der Waals surface area contributed by atoms with E-state index >= 15 is 0 Å². The predicted molar refractivity (Wildman–Crippen MR) is 101 cm³/mol. The van der Waals surface area contributed by atoms with Gasteiger partial charge in [-0.25, -0.2) is 4.79 Å². The number of nitrogens with zero attached hydrogens (tertiary/aromatic N) is 1. The van der Waals surface area contributed by atoms with Crippen molar-refractivity contribution in [1.29, 1.82) is 0 Å². The summed E-state index contributed by atoms with van der Waals surface area (Å²) in [5.74, 6) is 1.32. The number of anilines is 1. The number of amides is 2. The Labute approximate surface area is 154 Å². The SMILES string of the molecule is CCOc1cccc(N(O)C(=O)NC)c1COc1ccc(CC)cc1C. The Bertz CT molecular complexity index is 761. The number of urea groups is 1. The van der Waals surface area contributed by atoms with Crippen LogP contribution in [-0.4, -0.2) is 24.9 Å². The molecule has 0 bridgehead atoms. The third-order valence-electron chi connectivity index (χ3n) is 4.06. The molecule has 0 atom stereocenters. The van der Waals surface area contributed by atoms with Gasteiger partial charge in [-0.1, -0.05) is 25.1 Å². The Kier molecular flexibility index (Phi) is 6.86. The van der Waals surface area contributed by atoms with E-state index in [0.717, 1.165) is 17.7 Å². The lowest BCUT2D eigenvalue weighted by Gasteiger charge is -2.21. The number of hydrogen-bond acceptors (Lipinski definition) is 4. The fourth-order valence-electron chi connectivity index (χ4n) is 2.65. The summed E-state index contributed by atoms with van der Waals surface area (Å²) in [4.78, 5) is 11.8. The minimum atomic E-state index is -0.636. The maximum absolute atomic E-state index is 11.8. The maximum atomic E-state index is 11.8. The molecule has 6 heteroatoms. The van der Waals surface area contributed by atoms with Crippen molar-refractivity contribution in [3.05, 3.63) is 53.1 Å². The van der Waals surface area contributed by atoms with E-state index in [-0.39, 0.29) is 6.61 Å². The lowest BCUT2D eigenvalue weighted by molar-refractivity contribution is 0.205. The highest BCUT2D eigenvalue weighted by Gasteiger charge is 2.19. The second-order valence-corrected chi connectivity index (χ2v) is 5.80. The first kappa shape index (κ1) is 19.6. The van der Waals surface area contributed by atoms with E-state index < -0.39 is 6.03 Å². The quantitative estimate of drug-likeness (QED) is 0.578. The first-order valence-corrected chi connectivity index (χ1v) is 8.69. The zero-order chi connectivity index (χ0) is 19.1. The van der Waals surface area contributed by atoms with E-state index in [9.17, 15) is 10.0 Å². The molecule has 0 saturated carbocycles. The molecule has 0 saturated heterocycles. The fraction of sp³-hybridized carbons (Fsp3) is 0.350. The van der Waals surface area contributed by atoms with Crippen molar-refractivity contribution in [3.63, 3.8) is 0 Å². The molecule has 140 valence electrons. The largest absolute Gasteiger partial charge is 0.493 e. The van der Waals surface area contributed by atoms with Crippen LogP contribution >= 0.6 is 0 Å². The molecule has 2 aromatic rings. The molecule has 0 aliphatic carbocycles.